The van der Waals surface area contributed by atoms with E-state index in [0.29, 0.717) is 0 Å². The number of hydrogen-bond donors (Lipinski definition) is 1. The van der Waals surface area contributed by atoms with Crippen molar-refractivity contribution < 1.29 is 24.0 Å². The summed E-state index contributed by atoms with van der Waals surface area (Å²) in [6.07, 6.45) is 0.331. The number of carbonyl (C=O) groups excluding carboxylic acids is 2. The fraction of sp³-hybridized carbons (Fsp3) is 0.188. The minimum absolute atomic E-state index is 0.0788. The Morgan fingerprint density at radius 3 is 2.64 bits per heavy atom. The van der Waals surface area contributed by atoms with Gasteiger partial charge in [0.25, 0.3) is 11.6 Å². The Balaban J connectivity index is 2.06. The lowest BCUT2D eigenvalue weighted by Crippen LogP contribution is -2.30. The van der Waals surface area contributed by atoms with Crippen molar-refractivity contribution in [2.75, 3.05) is 12.4 Å². The third-order valence-corrected chi connectivity index (χ3v) is 3.18. The third kappa shape index (κ3) is 4.50. The topological polar surface area (TPSA) is 121 Å². The standard InChI is InChI=1S/C16H15N3O6/c1-10(25-16(21)13-5-3-4-8-17-13)15(20)18-12-7-6-11(19(22)23)9-14(12)24-2/h3-10H,1-2H3,(H,18,20)/t10-/m0/s1. The van der Waals surface area contributed by atoms with Gasteiger partial charge >= 0.3 is 5.97 Å². The zero-order valence-electron chi connectivity index (χ0n) is 13.5. The molecule has 0 bridgehead atoms. The van der Waals surface area contributed by atoms with E-state index in [0.717, 1.165) is 0 Å². The van der Waals surface area contributed by atoms with Crippen LogP contribution in [0.15, 0.2) is 42.6 Å². The second-order valence-corrected chi connectivity index (χ2v) is 4.89. The first-order valence-corrected chi connectivity index (χ1v) is 7.17. The number of benzene rings is 1. The number of pyridine rings is 1. The molecule has 1 amide bonds. The molecule has 0 saturated heterocycles. The molecule has 1 heterocycles. The Hall–Kier alpha value is -3.49. The zero-order chi connectivity index (χ0) is 18.4. The van der Waals surface area contributed by atoms with Crippen molar-refractivity contribution in [2.24, 2.45) is 0 Å². The number of ether oxygens (including phenoxy) is 2. The molecule has 0 radical (unpaired) electrons. The van der Waals surface area contributed by atoms with Gasteiger partial charge in [-0.05, 0) is 25.1 Å². The van der Waals surface area contributed by atoms with Crippen LogP contribution in [0.3, 0.4) is 0 Å². The van der Waals surface area contributed by atoms with Gasteiger partial charge in [-0.15, -0.1) is 0 Å². The number of nitro benzene ring substituents is 1. The Labute approximate surface area is 142 Å². The van der Waals surface area contributed by atoms with E-state index >= 15 is 0 Å². The summed E-state index contributed by atoms with van der Waals surface area (Å²) in [6, 6.07) is 8.47. The minimum atomic E-state index is -1.10. The molecule has 1 atom stereocenters. The van der Waals surface area contributed by atoms with E-state index in [-0.39, 0.29) is 22.8 Å². The first kappa shape index (κ1) is 17.9. The van der Waals surface area contributed by atoms with Crippen LogP contribution >= 0.6 is 0 Å². The third-order valence-electron chi connectivity index (χ3n) is 3.18. The van der Waals surface area contributed by atoms with Crippen LogP contribution in [0, 0.1) is 10.1 Å². The lowest BCUT2D eigenvalue weighted by Gasteiger charge is -2.14. The number of hydrogen-bond acceptors (Lipinski definition) is 7. The molecule has 0 aliphatic heterocycles. The lowest BCUT2D eigenvalue weighted by atomic mass is 10.2. The van der Waals surface area contributed by atoms with Gasteiger partial charge in [0.15, 0.2) is 6.10 Å². The molecule has 0 aliphatic carbocycles. The number of nitrogens with one attached hydrogen (secondary N) is 1. The van der Waals surface area contributed by atoms with Gasteiger partial charge in [0.1, 0.15) is 11.4 Å². The van der Waals surface area contributed by atoms with Crippen molar-refractivity contribution >= 4 is 23.3 Å². The largest absolute Gasteiger partial charge is 0.494 e. The number of carbonyl (C=O) groups is 2. The number of aromatic nitrogens is 1. The molecule has 1 N–H and O–H groups in total. The summed E-state index contributed by atoms with van der Waals surface area (Å²) < 4.78 is 10.1. The van der Waals surface area contributed by atoms with Crippen molar-refractivity contribution in [1.29, 1.82) is 0 Å². The van der Waals surface area contributed by atoms with E-state index in [9.17, 15) is 19.7 Å². The molecule has 0 saturated carbocycles. The van der Waals surface area contributed by atoms with E-state index in [2.05, 4.69) is 10.3 Å². The number of nitrogens with zero attached hydrogens (tertiary/aromatic N) is 2. The summed E-state index contributed by atoms with van der Waals surface area (Å²) in [4.78, 5) is 38.1. The molecule has 0 spiro atoms. The molecule has 130 valence electrons. The summed E-state index contributed by atoms with van der Waals surface area (Å²) in [6.45, 7) is 1.40. The molecular formula is C16H15N3O6. The van der Waals surface area contributed by atoms with E-state index < -0.39 is 22.9 Å². The first-order chi connectivity index (χ1) is 11.9. The highest BCUT2D eigenvalue weighted by molar-refractivity contribution is 5.97. The van der Waals surface area contributed by atoms with Gasteiger partial charge in [0, 0.05) is 12.3 Å². The second-order valence-electron chi connectivity index (χ2n) is 4.89. The number of amides is 1. The van der Waals surface area contributed by atoms with Crippen LogP contribution in [-0.4, -0.2) is 35.0 Å². The maximum atomic E-state index is 12.2. The minimum Gasteiger partial charge on any atom is -0.494 e. The number of anilines is 1. The molecule has 0 fully saturated rings. The van der Waals surface area contributed by atoms with Crippen molar-refractivity contribution in [2.45, 2.75) is 13.0 Å². The number of non-ortho nitro benzene ring substituents is 1. The quantitative estimate of drug-likeness (QED) is 0.484. The molecule has 2 rings (SSSR count). The number of esters is 1. The molecule has 25 heavy (non-hydrogen) atoms. The average molecular weight is 345 g/mol. The van der Waals surface area contributed by atoms with Crippen LogP contribution in [0.1, 0.15) is 17.4 Å². The molecule has 0 unspecified atom stereocenters. The van der Waals surface area contributed by atoms with E-state index in [4.69, 9.17) is 9.47 Å². The Kier molecular flexibility index (Phi) is 5.62. The predicted molar refractivity (Wildman–Crippen MR) is 87.4 cm³/mol. The Morgan fingerprint density at radius 2 is 2.04 bits per heavy atom. The molecule has 1 aromatic heterocycles. The van der Waals surface area contributed by atoms with Gasteiger partial charge in [0.2, 0.25) is 0 Å². The summed E-state index contributed by atoms with van der Waals surface area (Å²) >= 11 is 0. The number of nitro groups is 1. The van der Waals surface area contributed by atoms with Gasteiger partial charge in [0.05, 0.1) is 23.8 Å². The highest BCUT2D eigenvalue weighted by Crippen LogP contribution is 2.29. The van der Waals surface area contributed by atoms with Gasteiger partial charge < -0.3 is 14.8 Å². The average Bonchev–Trinajstić information content (AvgIpc) is 2.62. The van der Waals surface area contributed by atoms with Crippen LogP contribution in [0.5, 0.6) is 5.75 Å². The summed E-state index contributed by atoms with van der Waals surface area (Å²) in [7, 11) is 1.32. The summed E-state index contributed by atoms with van der Waals surface area (Å²) in [5, 5.41) is 13.3. The van der Waals surface area contributed by atoms with Crippen LogP contribution < -0.4 is 10.1 Å². The van der Waals surface area contributed by atoms with Gasteiger partial charge in [-0.2, -0.15) is 0 Å². The normalized spacial score (nSPS) is 11.3. The summed E-state index contributed by atoms with van der Waals surface area (Å²) in [5.41, 5.74) is 0.123. The van der Waals surface area contributed by atoms with Crippen molar-refractivity contribution in [1.82, 2.24) is 4.98 Å². The maximum absolute atomic E-state index is 12.2. The molecule has 2 aromatic rings. The molecule has 0 aliphatic rings. The first-order valence-electron chi connectivity index (χ1n) is 7.17. The second kappa shape index (κ2) is 7.86. The van der Waals surface area contributed by atoms with Crippen LogP contribution in [0.4, 0.5) is 11.4 Å². The Morgan fingerprint density at radius 1 is 1.28 bits per heavy atom. The predicted octanol–water partition coefficient (Wildman–Crippen LogP) is 2.18. The van der Waals surface area contributed by atoms with Crippen LogP contribution in [-0.2, 0) is 9.53 Å². The Bertz CT molecular complexity index is 794. The van der Waals surface area contributed by atoms with Crippen LogP contribution in [0.2, 0.25) is 0 Å². The van der Waals surface area contributed by atoms with Crippen molar-refractivity contribution in [3.05, 3.63) is 58.4 Å². The van der Waals surface area contributed by atoms with Crippen molar-refractivity contribution in [3.8, 4) is 5.75 Å². The zero-order valence-corrected chi connectivity index (χ0v) is 13.5. The van der Waals surface area contributed by atoms with Gasteiger partial charge in [-0.3, -0.25) is 14.9 Å². The fourth-order valence-electron chi connectivity index (χ4n) is 1.89. The smallest absolute Gasteiger partial charge is 0.357 e. The van der Waals surface area contributed by atoms with Gasteiger partial charge in [-0.1, -0.05) is 6.07 Å². The molecular weight excluding hydrogens is 330 g/mol. The van der Waals surface area contributed by atoms with E-state index in [1.807, 2.05) is 0 Å². The lowest BCUT2D eigenvalue weighted by molar-refractivity contribution is -0.384. The van der Waals surface area contributed by atoms with E-state index in [1.165, 1.54) is 44.5 Å². The number of rotatable bonds is 6. The molecule has 1 aromatic carbocycles. The molecule has 9 nitrogen and oxygen atoms in total. The fourth-order valence-corrected chi connectivity index (χ4v) is 1.89. The van der Waals surface area contributed by atoms with Gasteiger partial charge in [-0.25, -0.2) is 9.78 Å². The molecule has 9 heteroatoms. The maximum Gasteiger partial charge on any atom is 0.357 e. The highest BCUT2D eigenvalue weighted by Gasteiger charge is 2.21. The monoisotopic (exact) mass is 345 g/mol. The van der Waals surface area contributed by atoms with E-state index in [1.54, 1.807) is 12.1 Å². The SMILES string of the molecule is COc1cc([N+](=O)[O-])ccc1NC(=O)[C@H](C)OC(=O)c1ccccn1. The number of methoxy groups -OCH3 is 1. The van der Waals surface area contributed by atoms with Crippen molar-refractivity contribution in [3.63, 3.8) is 0 Å². The summed E-state index contributed by atoms with van der Waals surface area (Å²) in [5.74, 6) is -1.24. The highest BCUT2D eigenvalue weighted by atomic mass is 16.6. The van der Waals surface area contributed by atoms with Crippen LogP contribution in [0.25, 0.3) is 0 Å².